The summed E-state index contributed by atoms with van der Waals surface area (Å²) in [5.74, 6) is -0.829. The maximum Gasteiger partial charge on any atom is 0.358 e. The molecule has 0 aliphatic rings. The van der Waals surface area contributed by atoms with E-state index in [2.05, 4.69) is 9.97 Å². The third-order valence-electron chi connectivity index (χ3n) is 2.22. The number of aryl methyl sites for hydroxylation is 2. The lowest BCUT2D eigenvalue weighted by Crippen LogP contribution is -2.06. The number of pyridine rings is 1. The summed E-state index contributed by atoms with van der Waals surface area (Å²) in [4.78, 5) is 19.2. The number of carbonyl (C=O) groups is 1. The maximum atomic E-state index is 11.0. The maximum absolute atomic E-state index is 11.0. The Labute approximate surface area is 108 Å². The first-order valence-corrected chi connectivity index (χ1v) is 6.19. The van der Waals surface area contributed by atoms with Gasteiger partial charge in [0.05, 0.1) is 0 Å². The van der Waals surface area contributed by atoms with E-state index in [4.69, 9.17) is 9.84 Å². The topological polar surface area (TPSA) is 72.3 Å². The first-order valence-electron chi connectivity index (χ1n) is 5.31. The molecule has 0 aromatic carbocycles. The van der Waals surface area contributed by atoms with Gasteiger partial charge in [-0.25, -0.2) is 14.8 Å². The Balaban J connectivity index is 2.16. The zero-order valence-electron chi connectivity index (χ0n) is 10.0. The number of ether oxygens (including phenoxy) is 1. The number of aromatic carboxylic acids is 1. The summed E-state index contributed by atoms with van der Waals surface area (Å²) < 4.78 is 5.46. The van der Waals surface area contributed by atoms with E-state index in [1.807, 2.05) is 12.3 Å². The number of nitrogens with zero attached hydrogens (tertiary/aromatic N) is 2. The molecular formula is C12H12N2O3S. The van der Waals surface area contributed by atoms with Crippen molar-refractivity contribution in [2.45, 2.75) is 20.5 Å². The van der Waals surface area contributed by atoms with Crippen molar-refractivity contribution in [3.8, 4) is 5.75 Å². The zero-order chi connectivity index (χ0) is 13.1. The highest BCUT2D eigenvalue weighted by Gasteiger charge is 2.14. The van der Waals surface area contributed by atoms with Crippen LogP contribution in [-0.2, 0) is 6.61 Å². The molecule has 0 amide bonds. The molecule has 2 rings (SSSR count). The summed E-state index contributed by atoms with van der Waals surface area (Å²) in [5, 5.41) is 11.8. The average Bonchev–Trinajstić information content (AvgIpc) is 2.73. The summed E-state index contributed by atoms with van der Waals surface area (Å²) in [6.07, 6.45) is 0. The van der Waals surface area contributed by atoms with Gasteiger partial charge in [-0.3, -0.25) is 0 Å². The molecule has 94 valence electrons. The smallest absolute Gasteiger partial charge is 0.358 e. The Morgan fingerprint density at radius 1 is 1.33 bits per heavy atom. The average molecular weight is 264 g/mol. The van der Waals surface area contributed by atoms with Crippen molar-refractivity contribution in [1.29, 1.82) is 0 Å². The fraction of sp³-hybridized carbons (Fsp3) is 0.250. The van der Waals surface area contributed by atoms with E-state index in [0.29, 0.717) is 5.69 Å². The molecular weight excluding hydrogens is 252 g/mol. The third kappa shape index (κ3) is 2.84. The lowest BCUT2D eigenvalue weighted by Gasteiger charge is -2.07. The summed E-state index contributed by atoms with van der Waals surface area (Å²) in [7, 11) is 0. The minimum atomic E-state index is -1.09. The number of carboxylic acids is 1. The van der Waals surface area contributed by atoms with Gasteiger partial charge in [0.25, 0.3) is 0 Å². The quantitative estimate of drug-likeness (QED) is 0.918. The van der Waals surface area contributed by atoms with Gasteiger partial charge in [0.1, 0.15) is 11.6 Å². The van der Waals surface area contributed by atoms with Crippen molar-refractivity contribution in [2.75, 3.05) is 0 Å². The second-order valence-corrected chi connectivity index (χ2v) is 4.72. The lowest BCUT2D eigenvalue weighted by molar-refractivity contribution is 0.0684. The van der Waals surface area contributed by atoms with Crippen LogP contribution in [0.5, 0.6) is 5.75 Å². The van der Waals surface area contributed by atoms with Crippen molar-refractivity contribution < 1.29 is 14.6 Å². The van der Waals surface area contributed by atoms with Crippen LogP contribution in [0.3, 0.4) is 0 Å². The minimum Gasteiger partial charge on any atom is -0.484 e. The molecule has 2 heterocycles. The highest BCUT2D eigenvalue weighted by atomic mass is 32.1. The first kappa shape index (κ1) is 12.5. The zero-order valence-corrected chi connectivity index (χ0v) is 10.8. The van der Waals surface area contributed by atoms with Gasteiger partial charge in [0.2, 0.25) is 0 Å². The Morgan fingerprint density at radius 2 is 2.11 bits per heavy atom. The van der Waals surface area contributed by atoms with Crippen LogP contribution in [-0.4, -0.2) is 21.0 Å². The van der Waals surface area contributed by atoms with Crippen LogP contribution in [0.25, 0.3) is 0 Å². The second kappa shape index (κ2) is 5.14. The molecule has 5 nitrogen and oxygen atoms in total. The van der Waals surface area contributed by atoms with Gasteiger partial charge >= 0.3 is 5.97 Å². The molecule has 0 saturated carbocycles. The number of carboxylic acid groups (broad SMARTS) is 1. The molecule has 1 N–H and O–H groups in total. The van der Waals surface area contributed by atoms with Gasteiger partial charge in [-0.15, -0.1) is 11.3 Å². The molecule has 0 aliphatic carbocycles. The van der Waals surface area contributed by atoms with Crippen LogP contribution < -0.4 is 4.74 Å². The molecule has 0 unspecified atom stereocenters. The largest absolute Gasteiger partial charge is 0.484 e. The summed E-state index contributed by atoms with van der Waals surface area (Å²) in [6, 6.07) is 3.33. The van der Waals surface area contributed by atoms with Crippen molar-refractivity contribution in [2.24, 2.45) is 0 Å². The Hall–Kier alpha value is -1.95. The molecule has 0 bridgehead atoms. The Kier molecular flexibility index (Phi) is 3.57. The number of hydrogen-bond donors (Lipinski definition) is 1. The summed E-state index contributed by atoms with van der Waals surface area (Å²) in [6.45, 7) is 3.89. The van der Waals surface area contributed by atoms with Crippen molar-refractivity contribution in [3.05, 3.63) is 39.6 Å². The van der Waals surface area contributed by atoms with Crippen molar-refractivity contribution in [3.63, 3.8) is 0 Å². The molecule has 2 aromatic rings. The molecule has 0 radical (unpaired) electrons. The molecule has 6 heteroatoms. The fourth-order valence-electron chi connectivity index (χ4n) is 1.42. The Morgan fingerprint density at radius 3 is 2.72 bits per heavy atom. The van der Waals surface area contributed by atoms with Gasteiger partial charge in [-0.1, -0.05) is 0 Å². The molecule has 0 spiro atoms. The van der Waals surface area contributed by atoms with Gasteiger partial charge < -0.3 is 9.84 Å². The van der Waals surface area contributed by atoms with E-state index in [1.54, 1.807) is 19.1 Å². The SMILES string of the molecule is Cc1csc(COc2ccc(C)nc2C(=O)O)n1. The predicted molar refractivity (Wildman–Crippen MR) is 67.1 cm³/mol. The molecule has 0 saturated heterocycles. The standard InChI is InChI=1S/C12H12N2O3S/c1-7-3-4-9(11(14-7)12(15)16)17-5-10-13-8(2)6-18-10/h3-4,6H,5H2,1-2H3,(H,15,16). The van der Waals surface area contributed by atoms with Gasteiger partial charge in [0, 0.05) is 16.8 Å². The summed E-state index contributed by atoms with van der Waals surface area (Å²) in [5.41, 5.74) is 1.51. The highest BCUT2D eigenvalue weighted by Crippen LogP contribution is 2.19. The van der Waals surface area contributed by atoms with Gasteiger partial charge in [0.15, 0.2) is 11.4 Å². The minimum absolute atomic E-state index is 0.0664. The predicted octanol–water partition coefficient (Wildman–Crippen LogP) is 2.43. The number of rotatable bonds is 4. The molecule has 2 aromatic heterocycles. The van der Waals surface area contributed by atoms with Crippen LogP contribution in [0.4, 0.5) is 0 Å². The molecule has 0 aliphatic heterocycles. The summed E-state index contributed by atoms with van der Waals surface area (Å²) >= 11 is 1.48. The Bertz CT molecular complexity index is 580. The third-order valence-corrected chi connectivity index (χ3v) is 3.16. The van der Waals surface area contributed by atoms with E-state index >= 15 is 0 Å². The van der Waals surface area contributed by atoms with Crippen molar-refractivity contribution in [1.82, 2.24) is 9.97 Å². The number of aromatic nitrogens is 2. The van der Waals surface area contributed by atoms with Gasteiger partial charge in [-0.05, 0) is 26.0 Å². The van der Waals surface area contributed by atoms with E-state index in [0.717, 1.165) is 10.7 Å². The lowest BCUT2D eigenvalue weighted by atomic mass is 10.3. The first-order chi connectivity index (χ1) is 8.56. The van der Waals surface area contributed by atoms with Crippen LogP contribution in [0.1, 0.15) is 26.9 Å². The number of thiazole rings is 1. The van der Waals surface area contributed by atoms with E-state index < -0.39 is 5.97 Å². The fourth-order valence-corrected chi connectivity index (χ4v) is 2.11. The van der Waals surface area contributed by atoms with E-state index in [-0.39, 0.29) is 18.1 Å². The van der Waals surface area contributed by atoms with Crippen molar-refractivity contribution >= 4 is 17.3 Å². The van der Waals surface area contributed by atoms with Crippen LogP contribution in [0, 0.1) is 13.8 Å². The van der Waals surface area contributed by atoms with Crippen LogP contribution >= 0.6 is 11.3 Å². The van der Waals surface area contributed by atoms with E-state index in [1.165, 1.54) is 11.3 Å². The van der Waals surface area contributed by atoms with Gasteiger partial charge in [-0.2, -0.15) is 0 Å². The number of hydrogen-bond acceptors (Lipinski definition) is 5. The highest BCUT2D eigenvalue weighted by molar-refractivity contribution is 7.09. The van der Waals surface area contributed by atoms with Crippen LogP contribution in [0.2, 0.25) is 0 Å². The molecule has 0 atom stereocenters. The molecule has 18 heavy (non-hydrogen) atoms. The normalized spacial score (nSPS) is 10.3. The van der Waals surface area contributed by atoms with Crippen LogP contribution in [0.15, 0.2) is 17.5 Å². The second-order valence-electron chi connectivity index (χ2n) is 3.78. The monoisotopic (exact) mass is 264 g/mol. The van der Waals surface area contributed by atoms with E-state index in [9.17, 15) is 4.79 Å². The molecule has 0 fully saturated rings.